The second-order valence-corrected chi connectivity index (χ2v) is 9.92. The van der Waals surface area contributed by atoms with E-state index in [0.717, 1.165) is 0 Å². The minimum absolute atomic E-state index is 0.119. The fourth-order valence-corrected chi connectivity index (χ4v) is 3.93. The summed E-state index contributed by atoms with van der Waals surface area (Å²) in [7, 11) is 0. The molecule has 36 heavy (non-hydrogen) atoms. The topological polar surface area (TPSA) is 217 Å². The van der Waals surface area contributed by atoms with Gasteiger partial charge in [-0.1, -0.05) is 0 Å². The van der Waals surface area contributed by atoms with Gasteiger partial charge in [-0.05, 0) is 43.3 Å². The minimum Gasteiger partial charge on any atom is -0.480 e. The molecule has 0 heterocycles. The molecule has 0 saturated carbocycles. The number of thiol groups is 1. The second kappa shape index (κ2) is 19.0. The zero-order chi connectivity index (χ0) is 27.7. The first-order chi connectivity index (χ1) is 17.0. The maximum atomic E-state index is 12.8. The molecule has 0 fully saturated rings. The van der Waals surface area contributed by atoms with E-state index in [0.29, 0.717) is 17.9 Å². The van der Waals surface area contributed by atoms with Crippen molar-refractivity contribution in [2.75, 3.05) is 36.3 Å². The van der Waals surface area contributed by atoms with Gasteiger partial charge in [0.25, 0.3) is 0 Å². The van der Waals surface area contributed by atoms with E-state index in [-0.39, 0.29) is 25.0 Å². The maximum absolute atomic E-state index is 12.8. The van der Waals surface area contributed by atoms with Gasteiger partial charge in [0.05, 0.1) is 6.04 Å². The maximum Gasteiger partial charge on any atom is 0.326 e. The molecule has 0 spiro atoms. The smallest absolute Gasteiger partial charge is 0.326 e. The summed E-state index contributed by atoms with van der Waals surface area (Å²) in [5, 5.41) is 27.5. The summed E-state index contributed by atoms with van der Waals surface area (Å²) < 4.78 is 0. The van der Waals surface area contributed by atoms with Gasteiger partial charge in [0.2, 0.25) is 23.6 Å². The van der Waals surface area contributed by atoms with Crippen molar-refractivity contribution in [1.29, 1.82) is 0 Å². The van der Waals surface area contributed by atoms with Crippen LogP contribution in [-0.2, 0) is 28.8 Å². The average molecular weight is 570 g/mol. The quantitative estimate of drug-likeness (QED) is 0.0817. The Kier molecular flexibility index (Phi) is 17.9. The molecule has 0 aromatic heterocycles. The first kappa shape index (κ1) is 33.8. The Bertz CT molecular complexity index is 774. The molecule has 0 bridgehead atoms. The Morgan fingerprint density at radius 2 is 1.39 bits per heavy atom. The first-order valence-corrected chi connectivity index (χ1v) is 14.3. The van der Waals surface area contributed by atoms with Crippen LogP contribution < -0.4 is 27.0 Å². The Balaban J connectivity index is 5.05. The van der Waals surface area contributed by atoms with Crippen molar-refractivity contribution in [3.8, 4) is 0 Å². The summed E-state index contributed by atoms with van der Waals surface area (Å²) >= 11 is 6.92. The first-order valence-electron chi connectivity index (χ1n) is 10.9. The van der Waals surface area contributed by atoms with Gasteiger partial charge in [-0.3, -0.25) is 24.0 Å². The summed E-state index contributed by atoms with van der Waals surface area (Å²) in [6.07, 6.45) is 3.71. The number of hydrogen-bond acceptors (Lipinski definition) is 10. The van der Waals surface area contributed by atoms with Crippen LogP contribution in [0.2, 0.25) is 0 Å². The molecular weight excluding hydrogens is 534 g/mol. The summed E-state index contributed by atoms with van der Waals surface area (Å²) in [6, 6.07) is -4.38. The standard InChI is InChI=1S/C20H35N5O8S3/c1-35-7-5-11(21)17(29)24-12(6-8-36-2)19(31)25-13(20(32)33)3-4-15(26)23-14(10-34)18(30)22-9-16(27)28/h11-14,34H,3-10,21H2,1-2H3,(H,22,30)(H,23,26)(H,24,29)(H,25,31)(H,27,28)(H,32,33)/t11-,12-,13?,14?/m0/s1. The number of carboxylic acid groups (broad SMARTS) is 2. The van der Waals surface area contributed by atoms with E-state index in [1.165, 1.54) is 23.5 Å². The number of amides is 4. The largest absolute Gasteiger partial charge is 0.480 e. The molecular formula is C20H35N5O8S3. The number of thioether (sulfide) groups is 2. The molecule has 4 atom stereocenters. The van der Waals surface area contributed by atoms with E-state index >= 15 is 0 Å². The lowest BCUT2D eigenvalue weighted by Gasteiger charge is -2.23. The fourth-order valence-electron chi connectivity index (χ4n) is 2.71. The highest BCUT2D eigenvalue weighted by molar-refractivity contribution is 7.98. The van der Waals surface area contributed by atoms with Gasteiger partial charge in [0, 0.05) is 12.2 Å². The molecule has 0 aliphatic carbocycles. The van der Waals surface area contributed by atoms with E-state index < -0.39 is 66.3 Å². The third-order valence-electron chi connectivity index (χ3n) is 4.74. The van der Waals surface area contributed by atoms with E-state index in [1.807, 2.05) is 12.5 Å². The second-order valence-electron chi connectivity index (χ2n) is 7.58. The molecule has 0 aromatic carbocycles. The van der Waals surface area contributed by atoms with Crippen LogP contribution in [0.25, 0.3) is 0 Å². The highest BCUT2D eigenvalue weighted by atomic mass is 32.2. The third kappa shape index (κ3) is 14.4. The molecule has 0 aliphatic rings. The van der Waals surface area contributed by atoms with Crippen LogP contribution in [0, 0.1) is 0 Å². The van der Waals surface area contributed by atoms with Crippen molar-refractivity contribution in [3.05, 3.63) is 0 Å². The van der Waals surface area contributed by atoms with Crippen molar-refractivity contribution in [2.45, 2.75) is 49.9 Å². The Morgan fingerprint density at radius 3 is 1.92 bits per heavy atom. The van der Waals surface area contributed by atoms with Gasteiger partial charge in [-0.2, -0.15) is 36.2 Å². The Hall–Kier alpha value is -2.17. The zero-order valence-electron chi connectivity index (χ0n) is 20.2. The Labute approximate surface area is 223 Å². The molecule has 0 aromatic rings. The lowest BCUT2D eigenvalue weighted by atomic mass is 10.1. The number of rotatable bonds is 19. The van der Waals surface area contributed by atoms with Gasteiger partial charge in [0.15, 0.2) is 0 Å². The summed E-state index contributed by atoms with van der Waals surface area (Å²) in [5.41, 5.74) is 5.85. The molecule has 16 heteroatoms. The molecule has 13 nitrogen and oxygen atoms in total. The highest BCUT2D eigenvalue weighted by Crippen LogP contribution is 2.06. The van der Waals surface area contributed by atoms with Crippen molar-refractivity contribution in [2.24, 2.45) is 5.73 Å². The molecule has 0 rings (SSSR count). The number of aliphatic carboxylic acids is 2. The van der Waals surface area contributed by atoms with Crippen LogP contribution >= 0.6 is 36.2 Å². The van der Waals surface area contributed by atoms with E-state index in [9.17, 15) is 33.9 Å². The molecule has 2 unspecified atom stereocenters. The van der Waals surface area contributed by atoms with Crippen molar-refractivity contribution in [1.82, 2.24) is 21.3 Å². The number of carbonyl (C=O) groups is 6. The number of nitrogens with two attached hydrogens (primary N) is 1. The number of carbonyl (C=O) groups excluding carboxylic acids is 4. The highest BCUT2D eigenvalue weighted by Gasteiger charge is 2.28. The van der Waals surface area contributed by atoms with Crippen LogP contribution in [0.5, 0.6) is 0 Å². The summed E-state index contributed by atoms with van der Waals surface area (Å²) in [6.45, 7) is -0.636. The predicted molar refractivity (Wildman–Crippen MR) is 141 cm³/mol. The lowest BCUT2D eigenvalue weighted by Crippen LogP contribution is -2.55. The van der Waals surface area contributed by atoms with Gasteiger partial charge in [0.1, 0.15) is 24.7 Å². The molecule has 8 N–H and O–H groups in total. The van der Waals surface area contributed by atoms with Crippen LogP contribution in [0.1, 0.15) is 25.7 Å². The van der Waals surface area contributed by atoms with Crippen molar-refractivity contribution >= 4 is 71.7 Å². The molecule has 0 saturated heterocycles. The van der Waals surface area contributed by atoms with Crippen LogP contribution in [0.3, 0.4) is 0 Å². The predicted octanol–water partition coefficient (Wildman–Crippen LogP) is -1.73. The molecule has 0 radical (unpaired) electrons. The normalized spacial score (nSPS) is 14.0. The van der Waals surface area contributed by atoms with Crippen molar-refractivity contribution in [3.63, 3.8) is 0 Å². The number of hydrogen-bond donors (Lipinski definition) is 8. The van der Waals surface area contributed by atoms with Crippen LogP contribution in [-0.4, -0.2) is 106 Å². The third-order valence-corrected chi connectivity index (χ3v) is 6.39. The van der Waals surface area contributed by atoms with Gasteiger partial charge >= 0.3 is 11.9 Å². The fraction of sp³-hybridized carbons (Fsp3) is 0.700. The van der Waals surface area contributed by atoms with E-state index in [2.05, 4.69) is 33.9 Å². The number of nitrogens with one attached hydrogen (secondary N) is 4. The summed E-state index contributed by atoms with van der Waals surface area (Å²) in [5.74, 6) is -4.26. The van der Waals surface area contributed by atoms with Crippen LogP contribution in [0.4, 0.5) is 0 Å². The monoisotopic (exact) mass is 569 g/mol. The zero-order valence-corrected chi connectivity index (χ0v) is 22.7. The molecule has 4 amide bonds. The average Bonchev–Trinajstić information content (AvgIpc) is 2.83. The minimum atomic E-state index is -1.43. The van der Waals surface area contributed by atoms with Crippen LogP contribution in [0.15, 0.2) is 0 Å². The molecule has 0 aliphatic heterocycles. The van der Waals surface area contributed by atoms with E-state index in [4.69, 9.17) is 10.8 Å². The van der Waals surface area contributed by atoms with Gasteiger partial charge in [-0.15, -0.1) is 0 Å². The van der Waals surface area contributed by atoms with E-state index in [1.54, 1.807) is 0 Å². The Morgan fingerprint density at radius 1 is 0.806 bits per heavy atom. The lowest BCUT2D eigenvalue weighted by molar-refractivity contribution is -0.142. The number of carboxylic acids is 2. The van der Waals surface area contributed by atoms with Gasteiger partial charge in [-0.25, -0.2) is 4.79 Å². The van der Waals surface area contributed by atoms with Gasteiger partial charge < -0.3 is 37.2 Å². The SMILES string of the molecule is CSCC[C@H](NC(=O)[C@@H](N)CCSC)C(=O)NC(CCC(=O)NC(CS)C(=O)NCC(=O)O)C(=O)O. The van der Waals surface area contributed by atoms with Crippen molar-refractivity contribution < 1.29 is 39.0 Å². The summed E-state index contributed by atoms with van der Waals surface area (Å²) in [4.78, 5) is 71.5. The molecule has 206 valence electrons.